The van der Waals surface area contributed by atoms with Crippen molar-refractivity contribution in [2.24, 2.45) is 7.05 Å². The number of carbonyl (C=O) groups excluding carboxylic acids is 1. The van der Waals surface area contributed by atoms with Gasteiger partial charge in [-0.3, -0.25) is 4.79 Å². The topological polar surface area (TPSA) is 48.0 Å². The Morgan fingerprint density at radius 3 is 2.46 bits per heavy atom. The molecule has 2 aromatic heterocycles. The number of pyridine rings is 1. The third kappa shape index (κ3) is 3.82. The van der Waals surface area contributed by atoms with E-state index >= 15 is 0 Å². The molecule has 28 heavy (non-hydrogen) atoms. The van der Waals surface area contributed by atoms with Gasteiger partial charge in [0.05, 0.1) is 12.6 Å². The second-order valence-corrected chi connectivity index (χ2v) is 6.40. The number of ketones is 1. The van der Waals surface area contributed by atoms with Crippen molar-refractivity contribution in [3.63, 3.8) is 0 Å². The van der Waals surface area contributed by atoms with Crippen molar-refractivity contribution in [2.45, 2.75) is 6.54 Å². The van der Waals surface area contributed by atoms with Crippen molar-refractivity contribution in [1.29, 1.82) is 0 Å². The van der Waals surface area contributed by atoms with Gasteiger partial charge < -0.3 is 26.3 Å². The maximum absolute atomic E-state index is 12.6. The zero-order chi connectivity index (χ0) is 18.8. The lowest BCUT2D eigenvalue weighted by molar-refractivity contribution is -0.681. The number of aryl methyl sites for hydroxylation is 1. The van der Waals surface area contributed by atoms with Crippen molar-refractivity contribution >= 4 is 16.8 Å². The van der Waals surface area contributed by atoms with E-state index in [1.807, 2.05) is 60.4 Å². The molecule has 0 atom stereocenters. The van der Waals surface area contributed by atoms with Crippen LogP contribution in [0.4, 0.5) is 0 Å². The summed E-state index contributed by atoms with van der Waals surface area (Å²) in [5, 5.41) is 0. The van der Waals surface area contributed by atoms with E-state index in [0.29, 0.717) is 5.56 Å². The lowest BCUT2D eigenvalue weighted by Crippen LogP contribution is -3.00. The Kier molecular flexibility index (Phi) is 5.90. The lowest BCUT2D eigenvalue weighted by Gasteiger charge is -2.02. The first-order valence-corrected chi connectivity index (χ1v) is 8.74. The van der Waals surface area contributed by atoms with Crippen LogP contribution in [-0.4, -0.2) is 22.4 Å². The lowest BCUT2D eigenvalue weighted by atomic mass is 10.1. The van der Waals surface area contributed by atoms with E-state index in [1.54, 1.807) is 31.4 Å². The quantitative estimate of drug-likeness (QED) is 0.336. The molecule has 0 unspecified atom stereocenters. The first-order chi connectivity index (χ1) is 13.2. The van der Waals surface area contributed by atoms with E-state index in [1.165, 1.54) is 0 Å². The van der Waals surface area contributed by atoms with Gasteiger partial charge in [0, 0.05) is 24.2 Å². The molecule has 0 aliphatic heterocycles. The number of Topliss-reactive ketones (excluding diaryl/α,β-unsaturated/α-hetero) is 1. The Morgan fingerprint density at radius 2 is 1.79 bits per heavy atom. The molecular formula is C22H20BrN3O2. The van der Waals surface area contributed by atoms with Crippen LogP contribution in [-0.2, 0) is 13.6 Å². The molecule has 2 aromatic carbocycles. The molecule has 0 radical (unpaired) electrons. The van der Waals surface area contributed by atoms with Crippen molar-refractivity contribution in [1.82, 2.24) is 9.55 Å². The van der Waals surface area contributed by atoms with Gasteiger partial charge in [0.2, 0.25) is 12.3 Å². The number of nitrogens with zero attached hydrogens (tertiary/aromatic N) is 3. The van der Waals surface area contributed by atoms with Crippen LogP contribution in [0.1, 0.15) is 10.4 Å². The fraction of sp³-hybridized carbons (Fsp3) is 0.136. The molecule has 0 aliphatic carbocycles. The molecule has 0 fully saturated rings. The highest BCUT2D eigenvalue weighted by molar-refractivity contribution is 5.95. The molecule has 4 aromatic rings. The second kappa shape index (κ2) is 8.35. The van der Waals surface area contributed by atoms with Crippen molar-refractivity contribution in [3.05, 3.63) is 78.6 Å². The van der Waals surface area contributed by atoms with Crippen LogP contribution in [0.3, 0.4) is 0 Å². The zero-order valence-electron chi connectivity index (χ0n) is 15.7. The van der Waals surface area contributed by atoms with Gasteiger partial charge in [0.15, 0.2) is 17.9 Å². The van der Waals surface area contributed by atoms with Crippen molar-refractivity contribution in [3.8, 4) is 17.1 Å². The SMILES string of the molecule is COc1ccc(C(=O)C[n+]2ccc3c(c2)nc(-c2ccccc2)n3C)cc1.[Br-]. The number of halogens is 1. The number of carbonyl (C=O) groups is 1. The largest absolute Gasteiger partial charge is 1.00 e. The smallest absolute Gasteiger partial charge is 0.227 e. The number of ether oxygens (including phenoxy) is 1. The molecule has 0 bridgehead atoms. The summed E-state index contributed by atoms with van der Waals surface area (Å²) in [5.74, 6) is 1.69. The number of hydrogen-bond donors (Lipinski definition) is 0. The average Bonchev–Trinajstić information content (AvgIpc) is 3.04. The highest BCUT2D eigenvalue weighted by Crippen LogP contribution is 2.22. The van der Waals surface area contributed by atoms with Gasteiger partial charge in [-0.15, -0.1) is 0 Å². The summed E-state index contributed by atoms with van der Waals surface area (Å²) in [4.78, 5) is 17.3. The summed E-state index contributed by atoms with van der Waals surface area (Å²) in [6.45, 7) is 0.263. The number of benzene rings is 2. The average molecular weight is 438 g/mol. The van der Waals surface area contributed by atoms with Gasteiger partial charge in [-0.25, -0.2) is 4.98 Å². The van der Waals surface area contributed by atoms with Crippen LogP contribution in [0.25, 0.3) is 22.4 Å². The minimum absolute atomic E-state index is 0. The highest BCUT2D eigenvalue weighted by Gasteiger charge is 2.16. The van der Waals surface area contributed by atoms with Gasteiger partial charge in [0.25, 0.3) is 0 Å². The van der Waals surface area contributed by atoms with Gasteiger partial charge in [-0.05, 0) is 24.3 Å². The summed E-state index contributed by atoms with van der Waals surface area (Å²) in [7, 11) is 3.61. The zero-order valence-corrected chi connectivity index (χ0v) is 17.3. The number of imidazole rings is 1. The molecule has 5 nitrogen and oxygen atoms in total. The molecule has 0 saturated carbocycles. The first-order valence-electron chi connectivity index (χ1n) is 8.74. The monoisotopic (exact) mass is 437 g/mol. The predicted octanol–water partition coefficient (Wildman–Crippen LogP) is 0.423. The van der Waals surface area contributed by atoms with Gasteiger partial charge in [-0.1, -0.05) is 30.3 Å². The van der Waals surface area contributed by atoms with E-state index < -0.39 is 0 Å². The van der Waals surface area contributed by atoms with Crippen LogP contribution < -0.4 is 26.3 Å². The van der Waals surface area contributed by atoms with Crippen LogP contribution in [0.15, 0.2) is 73.1 Å². The second-order valence-electron chi connectivity index (χ2n) is 6.40. The highest BCUT2D eigenvalue weighted by atomic mass is 79.9. The van der Waals surface area contributed by atoms with Gasteiger partial charge in [0.1, 0.15) is 11.6 Å². The molecule has 6 heteroatoms. The predicted molar refractivity (Wildman–Crippen MR) is 104 cm³/mol. The normalized spacial score (nSPS) is 10.5. The Bertz CT molecular complexity index is 1110. The van der Waals surface area contributed by atoms with Crippen LogP contribution in [0, 0.1) is 0 Å². The fourth-order valence-corrected chi connectivity index (χ4v) is 3.17. The number of aromatic nitrogens is 3. The Labute approximate surface area is 174 Å². The van der Waals surface area contributed by atoms with Crippen molar-refractivity contribution in [2.75, 3.05) is 7.11 Å². The Balaban J connectivity index is 0.00000225. The molecule has 142 valence electrons. The molecule has 0 N–H and O–H groups in total. The van der Waals surface area contributed by atoms with E-state index in [2.05, 4.69) is 4.57 Å². The molecule has 0 amide bonds. The van der Waals surface area contributed by atoms with Crippen LogP contribution in [0.5, 0.6) is 5.75 Å². The summed E-state index contributed by atoms with van der Waals surface area (Å²) in [6, 6.07) is 19.2. The summed E-state index contributed by atoms with van der Waals surface area (Å²) in [6.07, 6.45) is 3.84. The minimum atomic E-state index is 0. The molecular weight excluding hydrogens is 418 g/mol. The Morgan fingerprint density at radius 1 is 1.07 bits per heavy atom. The molecule has 0 aliphatic rings. The van der Waals surface area contributed by atoms with E-state index in [9.17, 15) is 4.79 Å². The third-order valence-corrected chi connectivity index (χ3v) is 4.65. The molecule has 0 saturated heterocycles. The Hall–Kier alpha value is -2.99. The minimum Gasteiger partial charge on any atom is -1.00 e. The first kappa shape index (κ1) is 19.8. The standard InChI is InChI=1S/C22H20N3O2.BrH/c1-24-20-12-13-25(15-21(26)16-8-10-18(27-2)11-9-16)14-19(20)23-22(24)17-6-4-3-5-7-17;/h3-14H,15H2,1-2H3;1H/q+1;/p-1. The summed E-state index contributed by atoms with van der Waals surface area (Å²) in [5.41, 5.74) is 3.62. The van der Waals surface area contributed by atoms with Gasteiger partial charge in [-0.2, -0.15) is 4.57 Å². The van der Waals surface area contributed by atoms with Gasteiger partial charge >= 0.3 is 0 Å². The number of rotatable bonds is 5. The van der Waals surface area contributed by atoms with E-state index in [-0.39, 0.29) is 29.3 Å². The maximum Gasteiger partial charge on any atom is 0.227 e. The molecule has 0 spiro atoms. The number of methoxy groups -OCH3 is 1. The number of fused-ring (bicyclic) bond motifs is 1. The fourth-order valence-electron chi connectivity index (χ4n) is 3.17. The maximum atomic E-state index is 12.6. The van der Waals surface area contributed by atoms with Crippen LogP contribution in [0.2, 0.25) is 0 Å². The third-order valence-electron chi connectivity index (χ3n) is 4.65. The molecule has 4 rings (SSSR count). The van der Waals surface area contributed by atoms with Crippen molar-refractivity contribution < 1.29 is 31.1 Å². The van der Waals surface area contributed by atoms with E-state index in [4.69, 9.17) is 9.72 Å². The molecule has 2 heterocycles. The summed E-state index contributed by atoms with van der Waals surface area (Å²) < 4.78 is 9.08. The van der Waals surface area contributed by atoms with Crippen LogP contribution >= 0.6 is 0 Å². The number of hydrogen-bond acceptors (Lipinski definition) is 3. The van der Waals surface area contributed by atoms with E-state index in [0.717, 1.165) is 28.2 Å². The summed E-state index contributed by atoms with van der Waals surface area (Å²) >= 11 is 0.